The first-order chi connectivity index (χ1) is 14.3. The lowest BCUT2D eigenvalue weighted by Crippen LogP contribution is -2.31. The van der Waals surface area contributed by atoms with Crippen molar-refractivity contribution in [1.29, 1.82) is 0 Å². The van der Waals surface area contributed by atoms with Crippen LogP contribution in [-0.4, -0.2) is 63.9 Å². The largest absolute Gasteiger partial charge is 0.464 e. The van der Waals surface area contributed by atoms with E-state index in [1.807, 2.05) is 0 Å². The highest BCUT2D eigenvalue weighted by Crippen LogP contribution is 2.43. The minimum atomic E-state index is -0.878. The number of benzene rings is 1. The molecule has 2 aromatic rings. The Labute approximate surface area is 171 Å². The van der Waals surface area contributed by atoms with E-state index in [0.29, 0.717) is 5.56 Å². The summed E-state index contributed by atoms with van der Waals surface area (Å²) in [6, 6.07) is 5.58. The van der Waals surface area contributed by atoms with Crippen LogP contribution in [0.15, 0.2) is 24.3 Å². The van der Waals surface area contributed by atoms with Crippen molar-refractivity contribution in [2.24, 2.45) is 0 Å². The number of aromatic nitrogens is 3. The van der Waals surface area contributed by atoms with Crippen molar-refractivity contribution in [3.8, 4) is 11.8 Å². The number of aliphatic hydroxyl groups is 1. The number of halogens is 1. The smallest absolute Gasteiger partial charge is 0.361 e. The SMILES string of the molecule is COC(=O)c1nnn([C@@H]2O[C@H](CO)[C@H]3OC(C)(C)O[C@H]32)c1C#Cc1ccc(F)cc1. The van der Waals surface area contributed by atoms with Gasteiger partial charge in [0.25, 0.3) is 0 Å². The molecular formula is C20H20FN3O6. The van der Waals surface area contributed by atoms with Crippen LogP contribution in [0.2, 0.25) is 0 Å². The van der Waals surface area contributed by atoms with Crippen LogP contribution in [0.3, 0.4) is 0 Å². The van der Waals surface area contributed by atoms with Gasteiger partial charge in [0.1, 0.15) is 29.8 Å². The van der Waals surface area contributed by atoms with Crippen LogP contribution >= 0.6 is 0 Å². The average Bonchev–Trinajstić information content (AvgIpc) is 3.37. The number of methoxy groups -OCH3 is 1. The van der Waals surface area contributed by atoms with Gasteiger partial charge in [-0.15, -0.1) is 5.10 Å². The molecule has 0 spiro atoms. The number of carbonyl (C=O) groups excluding carboxylic acids is 1. The van der Waals surface area contributed by atoms with Crippen LogP contribution in [0.1, 0.15) is 41.8 Å². The minimum Gasteiger partial charge on any atom is -0.464 e. The molecule has 1 aromatic heterocycles. The van der Waals surface area contributed by atoms with Crippen molar-refractivity contribution < 1.29 is 33.2 Å². The van der Waals surface area contributed by atoms with E-state index in [-0.39, 0.29) is 23.8 Å². The van der Waals surface area contributed by atoms with E-state index < -0.39 is 36.3 Å². The van der Waals surface area contributed by atoms with Crippen LogP contribution in [-0.2, 0) is 18.9 Å². The molecule has 1 aromatic carbocycles. The Hall–Kier alpha value is -2.84. The highest BCUT2D eigenvalue weighted by atomic mass is 19.1. The fourth-order valence-electron chi connectivity index (χ4n) is 3.49. The van der Waals surface area contributed by atoms with Gasteiger partial charge in [-0.25, -0.2) is 13.9 Å². The molecule has 0 amide bonds. The summed E-state index contributed by atoms with van der Waals surface area (Å²) < 4.78 is 36.9. The Morgan fingerprint density at radius 3 is 2.63 bits per heavy atom. The number of hydrogen-bond donors (Lipinski definition) is 1. The zero-order valence-corrected chi connectivity index (χ0v) is 16.5. The predicted molar refractivity (Wildman–Crippen MR) is 98.6 cm³/mol. The molecule has 9 nitrogen and oxygen atoms in total. The number of ether oxygens (including phenoxy) is 4. The summed E-state index contributed by atoms with van der Waals surface area (Å²) in [4.78, 5) is 12.2. The molecule has 4 rings (SSSR count). The predicted octanol–water partition coefficient (Wildman–Crippen LogP) is 1.01. The lowest BCUT2D eigenvalue weighted by atomic mass is 10.1. The van der Waals surface area contributed by atoms with Gasteiger partial charge >= 0.3 is 5.97 Å². The molecule has 0 bridgehead atoms. The summed E-state index contributed by atoms with van der Waals surface area (Å²) >= 11 is 0. The fourth-order valence-corrected chi connectivity index (χ4v) is 3.49. The van der Waals surface area contributed by atoms with Crippen LogP contribution in [0.25, 0.3) is 0 Å². The molecule has 0 saturated carbocycles. The minimum absolute atomic E-state index is 0.0992. The zero-order chi connectivity index (χ0) is 21.5. The topological polar surface area (TPSA) is 105 Å². The lowest BCUT2D eigenvalue weighted by molar-refractivity contribution is -0.201. The van der Waals surface area contributed by atoms with Gasteiger partial charge in [-0.1, -0.05) is 11.1 Å². The standard InChI is InChI=1S/C20H20FN3O6/c1-20(2)29-16-14(10-25)28-18(17(16)30-20)24-13(15(22-23-24)19(26)27-3)9-6-11-4-7-12(21)8-5-11/h4-5,7-8,14,16-18,25H,10H2,1-3H3/t14-,16-,17-,18-/m1/s1. The van der Waals surface area contributed by atoms with Crippen molar-refractivity contribution in [3.63, 3.8) is 0 Å². The molecular weight excluding hydrogens is 397 g/mol. The molecule has 30 heavy (non-hydrogen) atoms. The summed E-state index contributed by atoms with van der Waals surface area (Å²) in [6.45, 7) is 3.23. The van der Waals surface area contributed by atoms with E-state index in [1.165, 1.54) is 36.1 Å². The van der Waals surface area contributed by atoms with E-state index in [9.17, 15) is 14.3 Å². The summed E-state index contributed by atoms with van der Waals surface area (Å²) in [5.74, 6) is 3.72. The molecule has 0 radical (unpaired) electrons. The van der Waals surface area contributed by atoms with Gasteiger partial charge in [-0.3, -0.25) is 0 Å². The van der Waals surface area contributed by atoms with Gasteiger partial charge in [0.2, 0.25) is 5.69 Å². The van der Waals surface area contributed by atoms with Crippen LogP contribution in [0.5, 0.6) is 0 Å². The van der Waals surface area contributed by atoms with Gasteiger partial charge in [-0.05, 0) is 44.0 Å². The summed E-state index contributed by atoms with van der Waals surface area (Å²) in [6.07, 6.45) is -2.61. The Morgan fingerprint density at radius 1 is 1.27 bits per heavy atom. The maximum absolute atomic E-state index is 13.1. The first kappa shape index (κ1) is 20.4. The number of rotatable bonds is 3. The van der Waals surface area contributed by atoms with Crippen molar-refractivity contribution >= 4 is 5.97 Å². The molecule has 2 aliphatic rings. The molecule has 0 unspecified atom stereocenters. The quantitative estimate of drug-likeness (QED) is 0.583. The Balaban J connectivity index is 1.75. The molecule has 1 N–H and O–H groups in total. The normalized spacial score (nSPS) is 26.7. The second-order valence-electron chi connectivity index (χ2n) is 7.29. The van der Waals surface area contributed by atoms with E-state index in [0.717, 1.165) is 0 Å². The molecule has 3 heterocycles. The first-order valence-electron chi connectivity index (χ1n) is 9.26. The lowest BCUT2D eigenvalue weighted by Gasteiger charge is -2.23. The molecule has 2 aliphatic heterocycles. The summed E-state index contributed by atoms with van der Waals surface area (Å²) in [7, 11) is 1.22. The maximum Gasteiger partial charge on any atom is 0.361 e. The summed E-state index contributed by atoms with van der Waals surface area (Å²) in [5, 5.41) is 17.6. The van der Waals surface area contributed by atoms with Crippen LogP contribution in [0.4, 0.5) is 4.39 Å². The van der Waals surface area contributed by atoms with Crippen LogP contribution < -0.4 is 0 Å². The number of hydrogen-bond acceptors (Lipinski definition) is 8. The Kier molecular flexibility index (Phi) is 5.29. The monoisotopic (exact) mass is 417 g/mol. The number of aliphatic hydroxyl groups excluding tert-OH is 1. The first-order valence-corrected chi connectivity index (χ1v) is 9.26. The zero-order valence-electron chi connectivity index (χ0n) is 16.5. The van der Waals surface area contributed by atoms with Gasteiger partial charge < -0.3 is 24.1 Å². The second kappa shape index (κ2) is 7.77. The second-order valence-corrected chi connectivity index (χ2v) is 7.29. The Bertz CT molecular complexity index is 1010. The molecule has 2 fully saturated rings. The highest BCUT2D eigenvalue weighted by molar-refractivity contribution is 5.89. The Morgan fingerprint density at radius 2 is 1.97 bits per heavy atom. The van der Waals surface area contributed by atoms with Gasteiger partial charge in [0.15, 0.2) is 12.0 Å². The highest BCUT2D eigenvalue weighted by Gasteiger charge is 2.56. The van der Waals surface area contributed by atoms with Crippen LogP contribution in [0, 0.1) is 17.7 Å². The number of carbonyl (C=O) groups is 1. The summed E-state index contributed by atoms with van der Waals surface area (Å²) in [5.41, 5.74) is 0.569. The van der Waals surface area contributed by atoms with Gasteiger partial charge in [0.05, 0.1) is 13.7 Å². The van der Waals surface area contributed by atoms with E-state index >= 15 is 0 Å². The molecule has 2 saturated heterocycles. The molecule has 158 valence electrons. The number of esters is 1. The van der Waals surface area contributed by atoms with Gasteiger partial charge in [-0.2, -0.15) is 0 Å². The third kappa shape index (κ3) is 3.68. The van der Waals surface area contributed by atoms with Gasteiger partial charge in [0, 0.05) is 5.56 Å². The van der Waals surface area contributed by atoms with E-state index in [4.69, 9.17) is 18.9 Å². The molecule has 0 aliphatic carbocycles. The van der Waals surface area contributed by atoms with E-state index in [1.54, 1.807) is 13.8 Å². The average molecular weight is 417 g/mol. The van der Waals surface area contributed by atoms with Crippen molar-refractivity contribution in [2.45, 2.75) is 44.2 Å². The third-order valence-corrected chi connectivity index (χ3v) is 4.79. The number of fused-ring (bicyclic) bond motifs is 1. The third-order valence-electron chi connectivity index (χ3n) is 4.79. The van der Waals surface area contributed by atoms with E-state index in [2.05, 4.69) is 22.2 Å². The maximum atomic E-state index is 13.1. The van der Waals surface area contributed by atoms with Crippen molar-refractivity contribution in [3.05, 3.63) is 47.0 Å². The van der Waals surface area contributed by atoms with Crippen molar-refractivity contribution in [2.75, 3.05) is 13.7 Å². The molecule has 4 atom stereocenters. The molecule has 10 heteroatoms. The number of nitrogens with zero attached hydrogens (tertiary/aromatic N) is 3. The fraction of sp³-hybridized carbons (Fsp3) is 0.450. The van der Waals surface area contributed by atoms with Crippen molar-refractivity contribution in [1.82, 2.24) is 15.0 Å².